The molecule has 3 aromatic carbocycles. The molecule has 0 spiro atoms. The van der Waals surface area contributed by atoms with Crippen LogP contribution in [0.3, 0.4) is 0 Å². The Bertz CT molecular complexity index is 1040. The summed E-state index contributed by atoms with van der Waals surface area (Å²) in [5.74, 6) is 2.21. The Morgan fingerprint density at radius 2 is 1.49 bits per heavy atom. The van der Waals surface area contributed by atoms with Gasteiger partial charge in [0.1, 0.15) is 23.4 Å². The first-order valence-electron chi connectivity index (χ1n) is 12.6. The van der Waals surface area contributed by atoms with Crippen LogP contribution in [0.5, 0.6) is 17.2 Å². The number of aliphatic carboxylic acids is 1. The van der Waals surface area contributed by atoms with Crippen LogP contribution in [0, 0.1) is 0 Å². The predicted molar refractivity (Wildman–Crippen MR) is 138 cm³/mol. The van der Waals surface area contributed by atoms with E-state index in [1.807, 2.05) is 61.6 Å². The minimum Gasteiger partial charge on any atom is -0.486 e. The Hall–Kier alpha value is -3.31. The van der Waals surface area contributed by atoms with Gasteiger partial charge in [0.15, 0.2) is 0 Å². The molecular weight excluding hydrogens is 438 g/mol. The molecule has 0 saturated heterocycles. The Labute approximate surface area is 208 Å². The summed E-state index contributed by atoms with van der Waals surface area (Å²) in [4.78, 5) is 12.8. The maximum absolute atomic E-state index is 11.0. The van der Waals surface area contributed by atoms with Gasteiger partial charge in [-0.3, -0.25) is 9.69 Å². The lowest BCUT2D eigenvalue weighted by atomic mass is 9.84. The minimum atomic E-state index is -0.830. The molecule has 0 amide bonds. The van der Waals surface area contributed by atoms with Crippen molar-refractivity contribution in [3.05, 3.63) is 90.0 Å². The van der Waals surface area contributed by atoms with Gasteiger partial charge < -0.3 is 14.6 Å². The highest BCUT2D eigenvalue weighted by molar-refractivity contribution is 5.69. The van der Waals surface area contributed by atoms with Gasteiger partial charge in [-0.2, -0.15) is 0 Å². The summed E-state index contributed by atoms with van der Waals surface area (Å²) in [7, 11) is 1.81. The molecule has 4 rings (SSSR count). The Morgan fingerprint density at radius 1 is 0.886 bits per heavy atom. The van der Waals surface area contributed by atoms with Crippen LogP contribution < -0.4 is 9.47 Å². The van der Waals surface area contributed by atoms with Crippen molar-refractivity contribution >= 4 is 5.97 Å². The quantitative estimate of drug-likeness (QED) is 0.323. The molecule has 0 heterocycles. The van der Waals surface area contributed by atoms with E-state index < -0.39 is 5.97 Å². The smallest absolute Gasteiger partial charge is 0.317 e. The second-order valence-electron chi connectivity index (χ2n) is 9.41. The minimum absolute atomic E-state index is 0.00911. The van der Waals surface area contributed by atoms with Crippen LogP contribution in [-0.2, 0) is 4.79 Å². The molecule has 1 aliphatic rings. The molecule has 1 unspecified atom stereocenters. The number of benzene rings is 3. The number of carboxylic acid groups (broad SMARTS) is 1. The molecule has 1 aliphatic carbocycles. The van der Waals surface area contributed by atoms with Gasteiger partial charge >= 0.3 is 5.97 Å². The first kappa shape index (κ1) is 24.8. The molecule has 5 heteroatoms. The summed E-state index contributed by atoms with van der Waals surface area (Å²) in [5.41, 5.74) is 2.48. The van der Waals surface area contributed by atoms with Crippen LogP contribution in [0.4, 0.5) is 0 Å². The molecule has 35 heavy (non-hydrogen) atoms. The zero-order valence-electron chi connectivity index (χ0n) is 20.4. The van der Waals surface area contributed by atoms with Gasteiger partial charge in [-0.25, -0.2) is 0 Å². The van der Waals surface area contributed by atoms with Crippen LogP contribution >= 0.6 is 0 Å². The van der Waals surface area contributed by atoms with Crippen LogP contribution in [-0.4, -0.2) is 36.1 Å². The lowest BCUT2D eigenvalue weighted by Gasteiger charge is -2.23. The molecule has 3 aromatic rings. The molecule has 0 aromatic heterocycles. The third-order valence-corrected chi connectivity index (χ3v) is 6.64. The normalized spacial score (nSPS) is 15.0. The van der Waals surface area contributed by atoms with Crippen LogP contribution in [0.1, 0.15) is 61.7 Å². The fourth-order valence-corrected chi connectivity index (χ4v) is 4.74. The SMILES string of the molecule is CN(CCC(Oc1ccc(Oc2ccc(C3CCCCC3)cc2)cc1)c1ccccc1)CC(=O)O. The lowest BCUT2D eigenvalue weighted by molar-refractivity contribution is -0.138. The Morgan fingerprint density at radius 3 is 2.11 bits per heavy atom. The molecule has 5 nitrogen and oxygen atoms in total. The van der Waals surface area contributed by atoms with Gasteiger partial charge in [-0.1, -0.05) is 61.7 Å². The van der Waals surface area contributed by atoms with E-state index in [1.165, 1.54) is 37.7 Å². The number of hydrogen-bond acceptors (Lipinski definition) is 4. The largest absolute Gasteiger partial charge is 0.486 e. The van der Waals surface area contributed by atoms with E-state index in [9.17, 15) is 4.79 Å². The highest BCUT2D eigenvalue weighted by Crippen LogP contribution is 2.34. The summed E-state index contributed by atoms with van der Waals surface area (Å²) in [6.45, 7) is 0.624. The van der Waals surface area contributed by atoms with Crippen molar-refractivity contribution in [2.45, 2.75) is 50.5 Å². The molecule has 0 aliphatic heterocycles. The summed E-state index contributed by atoms with van der Waals surface area (Å²) in [6.07, 6.45) is 7.13. The van der Waals surface area contributed by atoms with Crippen molar-refractivity contribution in [2.24, 2.45) is 0 Å². The zero-order valence-corrected chi connectivity index (χ0v) is 20.4. The van der Waals surface area contributed by atoms with Gasteiger partial charge in [0, 0.05) is 13.0 Å². The number of nitrogens with zero attached hydrogens (tertiary/aromatic N) is 1. The topological polar surface area (TPSA) is 59.0 Å². The van der Waals surface area contributed by atoms with E-state index in [-0.39, 0.29) is 12.6 Å². The summed E-state index contributed by atoms with van der Waals surface area (Å²) in [5, 5.41) is 9.02. The molecule has 1 atom stereocenters. The van der Waals surface area contributed by atoms with Crippen LogP contribution in [0.15, 0.2) is 78.9 Å². The highest BCUT2D eigenvalue weighted by Gasteiger charge is 2.17. The molecular formula is C30H35NO4. The fourth-order valence-electron chi connectivity index (χ4n) is 4.74. The average Bonchev–Trinajstić information content (AvgIpc) is 2.88. The number of carbonyl (C=O) groups is 1. The average molecular weight is 474 g/mol. The van der Waals surface area contributed by atoms with E-state index in [0.717, 1.165) is 22.8 Å². The second kappa shape index (κ2) is 12.4. The van der Waals surface area contributed by atoms with Crippen LogP contribution in [0.2, 0.25) is 0 Å². The zero-order chi connectivity index (χ0) is 24.5. The number of carboxylic acids is 1. The second-order valence-corrected chi connectivity index (χ2v) is 9.41. The third kappa shape index (κ3) is 7.59. The first-order chi connectivity index (χ1) is 17.1. The molecule has 1 N–H and O–H groups in total. The predicted octanol–water partition coefficient (Wildman–Crippen LogP) is 7.05. The van der Waals surface area contributed by atoms with E-state index in [2.05, 4.69) is 24.3 Å². The van der Waals surface area contributed by atoms with Gasteiger partial charge in [0.25, 0.3) is 0 Å². The van der Waals surface area contributed by atoms with Crippen molar-refractivity contribution in [3.63, 3.8) is 0 Å². The van der Waals surface area contributed by atoms with Crippen molar-refractivity contribution < 1.29 is 19.4 Å². The number of likely N-dealkylation sites (N-methyl/N-ethyl adjacent to an activating group) is 1. The van der Waals surface area contributed by atoms with Gasteiger partial charge in [-0.15, -0.1) is 0 Å². The highest BCUT2D eigenvalue weighted by atomic mass is 16.5. The maximum atomic E-state index is 11.0. The maximum Gasteiger partial charge on any atom is 0.317 e. The van der Waals surface area contributed by atoms with E-state index >= 15 is 0 Å². The van der Waals surface area contributed by atoms with Crippen molar-refractivity contribution in [1.29, 1.82) is 0 Å². The van der Waals surface area contributed by atoms with Crippen LogP contribution in [0.25, 0.3) is 0 Å². The third-order valence-electron chi connectivity index (χ3n) is 6.64. The first-order valence-corrected chi connectivity index (χ1v) is 12.6. The summed E-state index contributed by atoms with van der Waals surface area (Å²) < 4.78 is 12.4. The number of hydrogen-bond donors (Lipinski definition) is 1. The van der Waals surface area contributed by atoms with E-state index in [4.69, 9.17) is 14.6 Å². The molecule has 0 bridgehead atoms. The molecule has 184 valence electrons. The summed E-state index contributed by atoms with van der Waals surface area (Å²) in [6, 6.07) is 26.2. The Kier molecular flexibility index (Phi) is 8.79. The number of rotatable bonds is 11. The lowest BCUT2D eigenvalue weighted by Crippen LogP contribution is -2.28. The van der Waals surface area contributed by atoms with Gasteiger partial charge in [0.05, 0.1) is 6.54 Å². The van der Waals surface area contributed by atoms with Crippen molar-refractivity contribution in [1.82, 2.24) is 4.90 Å². The van der Waals surface area contributed by atoms with E-state index in [0.29, 0.717) is 18.9 Å². The van der Waals surface area contributed by atoms with Crippen molar-refractivity contribution in [3.8, 4) is 17.2 Å². The monoisotopic (exact) mass is 473 g/mol. The fraction of sp³-hybridized carbons (Fsp3) is 0.367. The van der Waals surface area contributed by atoms with E-state index in [1.54, 1.807) is 4.90 Å². The molecule has 1 fully saturated rings. The van der Waals surface area contributed by atoms with Crippen molar-refractivity contribution in [2.75, 3.05) is 20.1 Å². The summed E-state index contributed by atoms with van der Waals surface area (Å²) >= 11 is 0. The molecule has 0 radical (unpaired) electrons. The van der Waals surface area contributed by atoms with Gasteiger partial charge in [0.2, 0.25) is 0 Å². The Balaban J connectivity index is 1.36. The molecule has 1 saturated carbocycles. The standard InChI is InChI=1S/C30H35NO4/c1-31(22-30(32)33)21-20-29(25-10-6-3-7-11-25)35-28-18-16-27(17-19-28)34-26-14-12-24(13-15-26)23-8-4-2-5-9-23/h3,6-7,10-19,23,29H,2,4-5,8-9,20-22H2,1H3,(H,32,33). The number of ether oxygens (including phenoxy) is 2. The van der Waals surface area contributed by atoms with Gasteiger partial charge in [-0.05, 0) is 73.3 Å².